The first-order valence-corrected chi connectivity index (χ1v) is 5.94. The minimum absolute atomic E-state index is 0.138. The van der Waals surface area contributed by atoms with Crippen LogP contribution in [0.15, 0.2) is 24.3 Å². The van der Waals surface area contributed by atoms with Crippen LogP contribution in [-0.4, -0.2) is 9.55 Å². The van der Waals surface area contributed by atoms with E-state index < -0.39 is 0 Å². The number of para-hydroxylation sites is 2. The number of benzene rings is 1. The summed E-state index contributed by atoms with van der Waals surface area (Å²) >= 11 is 0. The SMILES string of the molecule is Cc1nc2ccccc2n1CC(C#N)CCC#N. The molecule has 0 saturated heterocycles. The zero-order valence-corrected chi connectivity index (χ0v) is 10.3. The molecule has 0 aliphatic heterocycles. The fourth-order valence-corrected chi connectivity index (χ4v) is 2.08. The molecule has 18 heavy (non-hydrogen) atoms. The number of hydrogen-bond donors (Lipinski definition) is 0. The quantitative estimate of drug-likeness (QED) is 0.822. The van der Waals surface area contributed by atoms with Gasteiger partial charge in [0.15, 0.2) is 0 Å². The van der Waals surface area contributed by atoms with Crippen LogP contribution >= 0.6 is 0 Å². The standard InChI is InChI=1S/C14H14N4/c1-11-17-13-6-2-3-7-14(13)18(11)10-12(9-16)5-4-8-15/h2-3,6-7,12H,4-5,10H2,1H3. The maximum absolute atomic E-state index is 9.12. The molecule has 0 radical (unpaired) electrons. The molecule has 1 aromatic heterocycles. The molecule has 1 aromatic carbocycles. The Morgan fingerprint density at radius 2 is 2.11 bits per heavy atom. The Labute approximate surface area is 106 Å². The molecule has 0 N–H and O–H groups in total. The van der Waals surface area contributed by atoms with Crippen molar-refractivity contribution >= 4 is 11.0 Å². The average molecular weight is 238 g/mol. The van der Waals surface area contributed by atoms with Crippen molar-refractivity contribution in [3.05, 3.63) is 30.1 Å². The van der Waals surface area contributed by atoms with E-state index in [9.17, 15) is 0 Å². The van der Waals surface area contributed by atoms with Crippen molar-refractivity contribution in [3.63, 3.8) is 0 Å². The Kier molecular flexibility index (Phi) is 3.60. The van der Waals surface area contributed by atoms with Gasteiger partial charge in [0.25, 0.3) is 0 Å². The van der Waals surface area contributed by atoms with E-state index in [0.29, 0.717) is 19.4 Å². The topological polar surface area (TPSA) is 65.4 Å². The highest BCUT2D eigenvalue weighted by atomic mass is 15.1. The van der Waals surface area contributed by atoms with E-state index in [0.717, 1.165) is 16.9 Å². The zero-order valence-electron chi connectivity index (χ0n) is 10.3. The Bertz CT molecular complexity index is 627. The third-order valence-electron chi connectivity index (χ3n) is 3.04. The van der Waals surface area contributed by atoms with Crippen LogP contribution in [0.4, 0.5) is 0 Å². The summed E-state index contributed by atoms with van der Waals surface area (Å²) in [5.74, 6) is 0.773. The van der Waals surface area contributed by atoms with Crippen molar-refractivity contribution in [2.75, 3.05) is 0 Å². The molecule has 1 heterocycles. The van der Waals surface area contributed by atoms with E-state index in [2.05, 4.69) is 21.7 Å². The van der Waals surface area contributed by atoms with Crippen LogP contribution in [0.3, 0.4) is 0 Å². The molecular formula is C14H14N4. The fraction of sp³-hybridized carbons (Fsp3) is 0.357. The van der Waals surface area contributed by atoms with Gasteiger partial charge in [-0.15, -0.1) is 0 Å². The summed E-state index contributed by atoms with van der Waals surface area (Å²) < 4.78 is 2.06. The molecule has 0 saturated carbocycles. The van der Waals surface area contributed by atoms with Crippen LogP contribution in [0.5, 0.6) is 0 Å². The molecule has 0 amide bonds. The molecule has 0 aliphatic rings. The lowest BCUT2D eigenvalue weighted by atomic mass is 10.1. The average Bonchev–Trinajstić information content (AvgIpc) is 2.70. The first-order chi connectivity index (χ1) is 8.76. The van der Waals surface area contributed by atoms with Gasteiger partial charge in [-0.2, -0.15) is 10.5 Å². The van der Waals surface area contributed by atoms with Crippen molar-refractivity contribution in [1.82, 2.24) is 9.55 Å². The van der Waals surface area contributed by atoms with Crippen molar-refractivity contribution < 1.29 is 0 Å². The maximum atomic E-state index is 9.12. The number of rotatable bonds is 4. The normalized spacial score (nSPS) is 11.9. The molecule has 4 heteroatoms. The molecule has 90 valence electrons. The zero-order chi connectivity index (χ0) is 13.0. The number of aryl methyl sites for hydroxylation is 1. The summed E-state index contributed by atoms with van der Waals surface area (Å²) in [6.45, 7) is 2.54. The fourth-order valence-electron chi connectivity index (χ4n) is 2.08. The van der Waals surface area contributed by atoms with E-state index in [-0.39, 0.29) is 5.92 Å². The van der Waals surface area contributed by atoms with E-state index in [4.69, 9.17) is 10.5 Å². The van der Waals surface area contributed by atoms with Gasteiger partial charge in [-0.3, -0.25) is 0 Å². The summed E-state index contributed by atoms with van der Waals surface area (Å²) in [6.07, 6.45) is 1.03. The number of nitrogens with zero attached hydrogens (tertiary/aromatic N) is 4. The van der Waals surface area contributed by atoms with E-state index >= 15 is 0 Å². The number of nitriles is 2. The largest absolute Gasteiger partial charge is 0.327 e. The van der Waals surface area contributed by atoms with Gasteiger partial charge in [0.2, 0.25) is 0 Å². The van der Waals surface area contributed by atoms with Crippen LogP contribution in [0.1, 0.15) is 18.7 Å². The summed E-state index contributed by atoms with van der Waals surface area (Å²) in [4.78, 5) is 4.47. The lowest BCUT2D eigenvalue weighted by Gasteiger charge is -2.10. The van der Waals surface area contributed by atoms with Gasteiger partial charge in [-0.25, -0.2) is 4.98 Å². The highest BCUT2D eigenvalue weighted by Gasteiger charge is 2.13. The van der Waals surface area contributed by atoms with Gasteiger partial charge in [0, 0.05) is 13.0 Å². The van der Waals surface area contributed by atoms with E-state index in [1.165, 1.54) is 0 Å². The highest BCUT2D eigenvalue weighted by Crippen LogP contribution is 2.18. The Morgan fingerprint density at radius 3 is 2.83 bits per heavy atom. The molecule has 0 spiro atoms. The van der Waals surface area contributed by atoms with Gasteiger partial charge in [0.05, 0.1) is 29.1 Å². The van der Waals surface area contributed by atoms with Crippen LogP contribution in [0.25, 0.3) is 11.0 Å². The predicted octanol–water partition coefficient (Wildman–Crippen LogP) is 2.79. The minimum atomic E-state index is -0.138. The van der Waals surface area contributed by atoms with E-state index in [1.807, 2.05) is 31.2 Å². The number of hydrogen-bond acceptors (Lipinski definition) is 3. The van der Waals surface area contributed by atoms with Crippen molar-refractivity contribution in [2.45, 2.75) is 26.3 Å². The molecular weight excluding hydrogens is 224 g/mol. The summed E-state index contributed by atoms with van der Waals surface area (Å²) in [6, 6.07) is 12.3. The third kappa shape index (κ3) is 2.33. The Balaban J connectivity index is 2.28. The summed E-state index contributed by atoms with van der Waals surface area (Å²) in [7, 11) is 0. The van der Waals surface area contributed by atoms with Crippen molar-refractivity contribution in [1.29, 1.82) is 10.5 Å². The second kappa shape index (κ2) is 5.33. The van der Waals surface area contributed by atoms with Gasteiger partial charge < -0.3 is 4.57 Å². The highest BCUT2D eigenvalue weighted by molar-refractivity contribution is 5.75. The van der Waals surface area contributed by atoms with Crippen molar-refractivity contribution in [2.24, 2.45) is 5.92 Å². The molecule has 0 aliphatic carbocycles. The van der Waals surface area contributed by atoms with Gasteiger partial charge in [-0.1, -0.05) is 12.1 Å². The first kappa shape index (κ1) is 12.1. The summed E-state index contributed by atoms with van der Waals surface area (Å²) in [5, 5.41) is 17.7. The smallest absolute Gasteiger partial charge is 0.106 e. The van der Waals surface area contributed by atoms with Crippen LogP contribution < -0.4 is 0 Å². The second-order valence-electron chi connectivity index (χ2n) is 4.28. The maximum Gasteiger partial charge on any atom is 0.106 e. The van der Waals surface area contributed by atoms with Crippen molar-refractivity contribution in [3.8, 4) is 12.1 Å². The second-order valence-corrected chi connectivity index (χ2v) is 4.28. The third-order valence-corrected chi connectivity index (χ3v) is 3.04. The van der Waals surface area contributed by atoms with E-state index in [1.54, 1.807) is 0 Å². The lowest BCUT2D eigenvalue weighted by Crippen LogP contribution is -2.10. The van der Waals surface area contributed by atoms with Gasteiger partial charge in [0.1, 0.15) is 5.82 Å². The molecule has 2 rings (SSSR count). The molecule has 1 unspecified atom stereocenters. The van der Waals surface area contributed by atoms with Gasteiger partial charge >= 0.3 is 0 Å². The summed E-state index contributed by atoms with van der Waals surface area (Å²) in [5.41, 5.74) is 2.00. The van der Waals surface area contributed by atoms with Gasteiger partial charge in [-0.05, 0) is 25.5 Å². The van der Waals surface area contributed by atoms with Crippen LogP contribution in [0, 0.1) is 35.5 Å². The number of fused-ring (bicyclic) bond motifs is 1. The van der Waals surface area contributed by atoms with Crippen LogP contribution in [-0.2, 0) is 6.54 Å². The number of imidazole rings is 1. The molecule has 4 nitrogen and oxygen atoms in total. The van der Waals surface area contributed by atoms with Crippen LogP contribution in [0.2, 0.25) is 0 Å². The molecule has 1 atom stereocenters. The lowest BCUT2D eigenvalue weighted by molar-refractivity contribution is 0.512. The first-order valence-electron chi connectivity index (χ1n) is 5.94. The number of aromatic nitrogens is 2. The Morgan fingerprint density at radius 1 is 1.33 bits per heavy atom. The molecule has 0 bridgehead atoms. The Hall–Kier alpha value is -2.33. The molecule has 0 fully saturated rings. The molecule has 2 aromatic rings. The predicted molar refractivity (Wildman–Crippen MR) is 68.4 cm³/mol. The monoisotopic (exact) mass is 238 g/mol. The minimum Gasteiger partial charge on any atom is -0.327 e.